The number of methoxy groups -OCH3 is 2. The van der Waals surface area contributed by atoms with Crippen LogP contribution in [0.25, 0.3) is 0 Å². The van der Waals surface area contributed by atoms with Crippen LogP contribution in [0.3, 0.4) is 0 Å². The van der Waals surface area contributed by atoms with E-state index in [0.29, 0.717) is 28.9 Å². The minimum atomic E-state index is -0.0621. The number of para-hydroxylation sites is 1. The fourth-order valence-electron chi connectivity index (χ4n) is 2.82. The van der Waals surface area contributed by atoms with Crippen molar-refractivity contribution in [1.29, 1.82) is 0 Å². The lowest BCUT2D eigenvalue weighted by Crippen LogP contribution is -2.32. The third kappa shape index (κ3) is 3.22. The normalized spacial score (nSPS) is 17.0. The molecule has 0 aromatic heterocycles. The Morgan fingerprint density at radius 2 is 1.96 bits per heavy atom. The average molecular weight is 343 g/mol. The number of thioether (sulfide) groups is 1. The van der Waals surface area contributed by atoms with Gasteiger partial charge in [-0.15, -0.1) is 11.8 Å². The number of ether oxygens (including phenoxy) is 2. The summed E-state index contributed by atoms with van der Waals surface area (Å²) >= 11 is 1.82. The Morgan fingerprint density at radius 3 is 2.71 bits per heavy atom. The largest absolute Gasteiger partial charge is 0.497 e. The van der Waals surface area contributed by atoms with E-state index in [1.165, 1.54) is 0 Å². The Bertz CT molecular complexity index is 747. The van der Waals surface area contributed by atoms with Gasteiger partial charge < -0.3 is 14.4 Å². The lowest BCUT2D eigenvalue weighted by Gasteiger charge is -2.23. The molecule has 126 valence electrons. The monoisotopic (exact) mass is 343 g/mol. The maximum Gasteiger partial charge on any atom is 0.262 e. The molecular formula is C19H21NO3S. The molecule has 1 amide bonds. The zero-order valence-corrected chi connectivity index (χ0v) is 14.9. The number of carbonyl (C=O) groups excluding carboxylic acids is 1. The van der Waals surface area contributed by atoms with Crippen molar-refractivity contribution in [3.63, 3.8) is 0 Å². The number of amides is 1. The van der Waals surface area contributed by atoms with Crippen molar-refractivity contribution >= 4 is 23.4 Å². The maximum absolute atomic E-state index is 13.3. The van der Waals surface area contributed by atoms with Crippen LogP contribution in [0, 0.1) is 0 Å². The molecule has 1 aliphatic heterocycles. The fraction of sp³-hybridized carbons (Fsp3) is 0.316. The number of hydrogen-bond donors (Lipinski definition) is 0. The Morgan fingerprint density at radius 1 is 1.17 bits per heavy atom. The highest BCUT2D eigenvalue weighted by molar-refractivity contribution is 8.00. The molecule has 2 aromatic carbocycles. The number of fused-ring (bicyclic) bond motifs is 1. The van der Waals surface area contributed by atoms with Gasteiger partial charge in [0, 0.05) is 16.7 Å². The van der Waals surface area contributed by atoms with Crippen molar-refractivity contribution in [3.8, 4) is 11.5 Å². The van der Waals surface area contributed by atoms with Gasteiger partial charge in [-0.25, -0.2) is 0 Å². The highest BCUT2D eigenvalue weighted by Crippen LogP contribution is 2.38. The lowest BCUT2D eigenvalue weighted by molar-refractivity contribution is 0.0983. The zero-order valence-electron chi connectivity index (χ0n) is 14.1. The topological polar surface area (TPSA) is 38.8 Å². The van der Waals surface area contributed by atoms with E-state index in [4.69, 9.17) is 9.47 Å². The van der Waals surface area contributed by atoms with E-state index >= 15 is 0 Å². The van der Waals surface area contributed by atoms with Gasteiger partial charge in [0.15, 0.2) is 0 Å². The summed E-state index contributed by atoms with van der Waals surface area (Å²) in [5, 5.41) is 0.469. The Hall–Kier alpha value is -2.14. The molecular weight excluding hydrogens is 322 g/mol. The average Bonchev–Trinajstić information content (AvgIpc) is 2.78. The second kappa shape index (κ2) is 7.18. The smallest absolute Gasteiger partial charge is 0.262 e. The van der Waals surface area contributed by atoms with Crippen LogP contribution in [0.4, 0.5) is 5.69 Å². The second-order valence-corrected chi connectivity index (χ2v) is 7.19. The molecule has 1 aliphatic rings. The van der Waals surface area contributed by atoms with Gasteiger partial charge in [0.1, 0.15) is 11.5 Å². The van der Waals surface area contributed by atoms with E-state index in [0.717, 1.165) is 17.0 Å². The summed E-state index contributed by atoms with van der Waals surface area (Å²) in [7, 11) is 3.17. The van der Waals surface area contributed by atoms with E-state index in [1.807, 2.05) is 34.9 Å². The SMILES string of the molecule is COc1ccc(OC)c(C(=O)N2CCC(C)Sc3ccccc32)c1. The highest BCUT2D eigenvalue weighted by Gasteiger charge is 2.27. The summed E-state index contributed by atoms with van der Waals surface area (Å²) in [6.07, 6.45) is 0.942. The molecule has 1 unspecified atom stereocenters. The molecule has 0 bridgehead atoms. The number of nitrogens with zero attached hydrogens (tertiary/aromatic N) is 1. The van der Waals surface area contributed by atoms with Crippen molar-refractivity contribution in [2.75, 3.05) is 25.7 Å². The third-order valence-corrected chi connectivity index (χ3v) is 5.36. The van der Waals surface area contributed by atoms with Gasteiger partial charge in [0.2, 0.25) is 0 Å². The summed E-state index contributed by atoms with van der Waals surface area (Å²) in [4.78, 5) is 16.2. The van der Waals surface area contributed by atoms with Crippen LogP contribution in [0.1, 0.15) is 23.7 Å². The number of hydrogen-bond acceptors (Lipinski definition) is 4. The van der Waals surface area contributed by atoms with Crippen LogP contribution in [0.15, 0.2) is 47.4 Å². The summed E-state index contributed by atoms with van der Waals surface area (Å²) in [5.41, 5.74) is 1.48. The summed E-state index contributed by atoms with van der Waals surface area (Å²) in [6, 6.07) is 13.4. The molecule has 5 heteroatoms. The van der Waals surface area contributed by atoms with Gasteiger partial charge in [-0.05, 0) is 36.8 Å². The van der Waals surface area contributed by atoms with Crippen molar-refractivity contribution in [3.05, 3.63) is 48.0 Å². The first-order chi connectivity index (χ1) is 11.6. The summed E-state index contributed by atoms with van der Waals surface area (Å²) in [6.45, 7) is 2.88. The van der Waals surface area contributed by atoms with E-state index < -0.39 is 0 Å². The zero-order chi connectivity index (χ0) is 17.1. The summed E-state index contributed by atoms with van der Waals surface area (Å²) in [5.74, 6) is 1.14. The molecule has 0 radical (unpaired) electrons. The maximum atomic E-state index is 13.3. The van der Waals surface area contributed by atoms with Gasteiger partial charge in [0.25, 0.3) is 5.91 Å². The molecule has 1 atom stereocenters. The van der Waals surface area contributed by atoms with Crippen LogP contribution >= 0.6 is 11.8 Å². The molecule has 24 heavy (non-hydrogen) atoms. The first kappa shape index (κ1) is 16.7. The molecule has 3 rings (SSSR count). The predicted molar refractivity (Wildman–Crippen MR) is 97.6 cm³/mol. The summed E-state index contributed by atoms with van der Waals surface area (Å²) < 4.78 is 10.7. The minimum Gasteiger partial charge on any atom is -0.497 e. The van der Waals surface area contributed by atoms with Gasteiger partial charge in [-0.2, -0.15) is 0 Å². The first-order valence-corrected chi connectivity index (χ1v) is 8.81. The van der Waals surface area contributed by atoms with Gasteiger partial charge in [-0.3, -0.25) is 4.79 Å². The van der Waals surface area contributed by atoms with E-state index in [9.17, 15) is 4.79 Å². The molecule has 4 nitrogen and oxygen atoms in total. The van der Waals surface area contributed by atoms with Crippen molar-refractivity contribution in [2.24, 2.45) is 0 Å². The molecule has 0 aliphatic carbocycles. The number of anilines is 1. The number of rotatable bonds is 3. The van der Waals surface area contributed by atoms with Crippen molar-refractivity contribution in [1.82, 2.24) is 0 Å². The van der Waals surface area contributed by atoms with Gasteiger partial charge in [-0.1, -0.05) is 19.1 Å². The van der Waals surface area contributed by atoms with Gasteiger partial charge >= 0.3 is 0 Å². The Kier molecular flexibility index (Phi) is 5.00. The van der Waals surface area contributed by atoms with Crippen LogP contribution in [-0.4, -0.2) is 31.9 Å². The van der Waals surface area contributed by atoms with Crippen LogP contribution < -0.4 is 14.4 Å². The number of carbonyl (C=O) groups is 1. The van der Waals surface area contributed by atoms with E-state index in [-0.39, 0.29) is 5.91 Å². The predicted octanol–water partition coefficient (Wildman–Crippen LogP) is 4.23. The van der Waals surface area contributed by atoms with E-state index in [2.05, 4.69) is 13.0 Å². The molecule has 0 N–H and O–H groups in total. The molecule has 1 heterocycles. The van der Waals surface area contributed by atoms with Crippen molar-refractivity contribution in [2.45, 2.75) is 23.5 Å². The Balaban J connectivity index is 2.04. The molecule has 0 saturated carbocycles. The minimum absolute atomic E-state index is 0.0621. The fourth-order valence-corrected chi connectivity index (χ4v) is 3.94. The van der Waals surface area contributed by atoms with Crippen molar-refractivity contribution < 1.29 is 14.3 Å². The highest BCUT2D eigenvalue weighted by atomic mass is 32.2. The first-order valence-electron chi connectivity index (χ1n) is 7.93. The Labute approximate surface area is 146 Å². The molecule has 2 aromatic rings. The molecule has 0 fully saturated rings. The lowest BCUT2D eigenvalue weighted by atomic mass is 10.1. The second-order valence-electron chi connectivity index (χ2n) is 5.71. The van der Waals surface area contributed by atoms with Crippen LogP contribution in [0.2, 0.25) is 0 Å². The van der Waals surface area contributed by atoms with E-state index in [1.54, 1.807) is 32.4 Å². The molecule has 0 spiro atoms. The number of benzene rings is 2. The van der Waals surface area contributed by atoms with Crippen LogP contribution in [0.5, 0.6) is 11.5 Å². The van der Waals surface area contributed by atoms with Crippen LogP contribution in [-0.2, 0) is 0 Å². The van der Waals surface area contributed by atoms with Gasteiger partial charge in [0.05, 0.1) is 25.5 Å². The molecule has 0 saturated heterocycles. The third-order valence-electron chi connectivity index (χ3n) is 4.13. The quantitative estimate of drug-likeness (QED) is 0.836. The standard InChI is InChI=1S/C19H21NO3S/c1-13-10-11-20(16-6-4-5-7-18(16)24-13)19(21)15-12-14(22-2)8-9-17(15)23-3/h4-9,12-13H,10-11H2,1-3H3.